The summed E-state index contributed by atoms with van der Waals surface area (Å²) < 4.78 is 32.1. The first-order valence-corrected chi connectivity index (χ1v) is 5.95. The molecule has 2 rings (SSSR count). The minimum Gasteiger partial charge on any atom is -0.332 e. The second kappa shape index (κ2) is 4.79. The Bertz CT molecular complexity index is 524. The summed E-state index contributed by atoms with van der Waals surface area (Å²) in [5, 5.41) is 0. The number of aromatic nitrogens is 2. The Kier molecular flexibility index (Phi) is 3.20. The van der Waals surface area contributed by atoms with E-state index in [0.29, 0.717) is 0 Å². The summed E-state index contributed by atoms with van der Waals surface area (Å²) in [7, 11) is -4.21. The summed E-state index contributed by atoms with van der Waals surface area (Å²) in [6, 6.07) is 9.27. The van der Waals surface area contributed by atoms with Gasteiger partial charge in [-0.2, -0.15) is 0 Å². The zero-order chi connectivity index (χ0) is 12.1. The SMILES string of the molecule is O=S(=O)(Oc1ccccn1)Oc1ccccn1. The van der Waals surface area contributed by atoms with Crippen LogP contribution >= 0.6 is 0 Å². The van der Waals surface area contributed by atoms with Crippen molar-refractivity contribution in [3.8, 4) is 11.8 Å². The van der Waals surface area contributed by atoms with Crippen molar-refractivity contribution in [1.29, 1.82) is 0 Å². The average Bonchev–Trinajstić information content (AvgIpc) is 2.30. The average molecular weight is 252 g/mol. The van der Waals surface area contributed by atoms with Crippen molar-refractivity contribution >= 4 is 10.4 Å². The molecular weight excluding hydrogens is 244 g/mol. The molecule has 0 spiro atoms. The van der Waals surface area contributed by atoms with Crippen LogP contribution in [-0.2, 0) is 10.4 Å². The van der Waals surface area contributed by atoms with Gasteiger partial charge >= 0.3 is 10.4 Å². The first kappa shape index (κ1) is 11.3. The zero-order valence-corrected chi connectivity index (χ0v) is 9.37. The van der Waals surface area contributed by atoms with Gasteiger partial charge < -0.3 is 8.37 Å². The minimum atomic E-state index is -4.21. The Labute approximate surface area is 98.2 Å². The van der Waals surface area contributed by atoms with Gasteiger partial charge in [0.1, 0.15) is 0 Å². The molecule has 0 saturated heterocycles. The van der Waals surface area contributed by atoms with E-state index in [9.17, 15) is 8.42 Å². The fraction of sp³-hybridized carbons (Fsp3) is 0. The number of hydrogen-bond acceptors (Lipinski definition) is 6. The molecule has 0 atom stereocenters. The van der Waals surface area contributed by atoms with Crippen LogP contribution in [0.15, 0.2) is 48.8 Å². The number of hydrogen-bond donors (Lipinski definition) is 0. The number of nitrogens with zero attached hydrogens (tertiary/aromatic N) is 2. The smallest absolute Gasteiger partial charge is 0.332 e. The lowest BCUT2D eigenvalue weighted by Gasteiger charge is -2.05. The summed E-state index contributed by atoms with van der Waals surface area (Å²) in [6.45, 7) is 0. The van der Waals surface area contributed by atoms with Crippen LogP contribution in [0.1, 0.15) is 0 Å². The molecule has 0 unspecified atom stereocenters. The highest BCUT2D eigenvalue weighted by molar-refractivity contribution is 7.82. The van der Waals surface area contributed by atoms with E-state index < -0.39 is 10.4 Å². The van der Waals surface area contributed by atoms with Gasteiger partial charge in [0.15, 0.2) is 0 Å². The molecular formula is C10H8N2O4S. The minimum absolute atomic E-state index is 0.0663. The molecule has 0 aromatic carbocycles. The molecule has 0 N–H and O–H groups in total. The fourth-order valence-corrected chi connectivity index (χ4v) is 1.67. The van der Waals surface area contributed by atoms with Crippen LogP contribution in [-0.4, -0.2) is 18.4 Å². The first-order chi connectivity index (χ1) is 8.16. The van der Waals surface area contributed by atoms with E-state index in [1.807, 2.05) is 0 Å². The highest BCUT2D eigenvalue weighted by atomic mass is 32.3. The maximum absolute atomic E-state index is 11.4. The lowest BCUT2D eigenvalue weighted by Crippen LogP contribution is -2.17. The molecule has 6 nitrogen and oxygen atoms in total. The van der Waals surface area contributed by atoms with Gasteiger partial charge in [-0.3, -0.25) is 0 Å². The van der Waals surface area contributed by atoms with Crippen molar-refractivity contribution in [2.24, 2.45) is 0 Å². The van der Waals surface area contributed by atoms with E-state index in [1.54, 1.807) is 24.3 Å². The van der Waals surface area contributed by atoms with Gasteiger partial charge in [-0.1, -0.05) is 12.1 Å². The van der Waals surface area contributed by atoms with Gasteiger partial charge in [-0.15, -0.1) is 8.42 Å². The quantitative estimate of drug-likeness (QED) is 0.813. The molecule has 2 heterocycles. The Morgan fingerprint density at radius 2 is 1.29 bits per heavy atom. The molecule has 0 saturated carbocycles. The second-order valence-electron chi connectivity index (χ2n) is 2.91. The van der Waals surface area contributed by atoms with Crippen molar-refractivity contribution in [2.45, 2.75) is 0 Å². The number of pyridine rings is 2. The third kappa shape index (κ3) is 3.42. The molecule has 2 aromatic rings. The molecule has 0 radical (unpaired) electrons. The first-order valence-electron chi connectivity index (χ1n) is 4.62. The van der Waals surface area contributed by atoms with Gasteiger partial charge in [0.25, 0.3) is 0 Å². The topological polar surface area (TPSA) is 78.4 Å². The van der Waals surface area contributed by atoms with Gasteiger partial charge in [0.05, 0.1) is 0 Å². The summed E-state index contributed by atoms with van der Waals surface area (Å²) in [6.07, 6.45) is 2.82. The lowest BCUT2D eigenvalue weighted by atomic mass is 10.5. The highest BCUT2D eigenvalue weighted by Crippen LogP contribution is 2.12. The van der Waals surface area contributed by atoms with Crippen LogP contribution < -0.4 is 8.37 Å². The molecule has 0 aliphatic rings. The summed E-state index contributed by atoms with van der Waals surface area (Å²) in [5.41, 5.74) is 0. The maximum Gasteiger partial charge on any atom is 0.504 e. The van der Waals surface area contributed by atoms with E-state index in [1.165, 1.54) is 24.5 Å². The highest BCUT2D eigenvalue weighted by Gasteiger charge is 2.16. The third-order valence-electron chi connectivity index (χ3n) is 1.65. The molecule has 7 heteroatoms. The molecule has 0 amide bonds. The second-order valence-corrected chi connectivity index (χ2v) is 4.06. The lowest BCUT2D eigenvalue weighted by molar-refractivity contribution is 0.381. The van der Waals surface area contributed by atoms with Crippen LogP contribution in [0.3, 0.4) is 0 Å². The van der Waals surface area contributed by atoms with Crippen LogP contribution in [0, 0.1) is 0 Å². The Morgan fingerprint density at radius 3 is 1.65 bits per heavy atom. The van der Waals surface area contributed by atoms with Gasteiger partial charge in [-0.05, 0) is 12.1 Å². The van der Waals surface area contributed by atoms with Crippen molar-refractivity contribution in [3.63, 3.8) is 0 Å². The monoisotopic (exact) mass is 252 g/mol. The zero-order valence-electron chi connectivity index (χ0n) is 8.55. The van der Waals surface area contributed by atoms with Gasteiger partial charge in [-0.25, -0.2) is 9.97 Å². The molecule has 0 bridgehead atoms. The van der Waals surface area contributed by atoms with E-state index in [4.69, 9.17) is 0 Å². The molecule has 0 aliphatic heterocycles. The molecule has 2 aromatic heterocycles. The molecule has 0 aliphatic carbocycles. The standard InChI is InChI=1S/C10H8N2O4S/c13-17(14,15-9-5-1-3-7-11-9)16-10-6-2-4-8-12-10/h1-8H. The predicted molar refractivity (Wildman–Crippen MR) is 58.6 cm³/mol. The van der Waals surface area contributed by atoms with Crippen LogP contribution in [0.5, 0.6) is 11.8 Å². The van der Waals surface area contributed by atoms with Crippen molar-refractivity contribution < 1.29 is 16.8 Å². The van der Waals surface area contributed by atoms with E-state index >= 15 is 0 Å². The molecule has 88 valence electrons. The Morgan fingerprint density at radius 1 is 0.824 bits per heavy atom. The van der Waals surface area contributed by atoms with Crippen LogP contribution in [0.2, 0.25) is 0 Å². The summed E-state index contributed by atoms with van der Waals surface area (Å²) in [4.78, 5) is 7.41. The molecule has 17 heavy (non-hydrogen) atoms. The van der Waals surface area contributed by atoms with E-state index in [-0.39, 0.29) is 11.8 Å². The summed E-state index contributed by atoms with van der Waals surface area (Å²) in [5.74, 6) is -0.133. The Hall–Kier alpha value is -2.15. The van der Waals surface area contributed by atoms with E-state index in [2.05, 4.69) is 18.3 Å². The fourth-order valence-electron chi connectivity index (χ4n) is 1.02. The Balaban J connectivity index is 2.11. The van der Waals surface area contributed by atoms with E-state index in [0.717, 1.165) is 0 Å². The van der Waals surface area contributed by atoms with Crippen molar-refractivity contribution in [1.82, 2.24) is 9.97 Å². The maximum atomic E-state index is 11.4. The van der Waals surface area contributed by atoms with Crippen molar-refractivity contribution in [3.05, 3.63) is 48.8 Å². The third-order valence-corrected chi connectivity index (χ3v) is 2.40. The largest absolute Gasteiger partial charge is 0.504 e. The summed E-state index contributed by atoms with van der Waals surface area (Å²) >= 11 is 0. The van der Waals surface area contributed by atoms with Gasteiger partial charge in [0.2, 0.25) is 11.8 Å². The van der Waals surface area contributed by atoms with Crippen LogP contribution in [0.25, 0.3) is 0 Å². The van der Waals surface area contributed by atoms with Gasteiger partial charge in [0, 0.05) is 24.5 Å². The van der Waals surface area contributed by atoms with Crippen molar-refractivity contribution in [2.75, 3.05) is 0 Å². The number of rotatable bonds is 4. The molecule has 0 fully saturated rings. The predicted octanol–water partition coefficient (Wildman–Crippen LogP) is 1.18. The normalized spacial score (nSPS) is 10.8. The van der Waals surface area contributed by atoms with Crippen LogP contribution in [0.4, 0.5) is 0 Å².